The van der Waals surface area contributed by atoms with Gasteiger partial charge < -0.3 is 15.8 Å². The summed E-state index contributed by atoms with van der Waals surface area (Å²) in [6, 6.07) is 8.54. The summed E-state index contributed by atoms with van der Waals surface area (Å²) in [7, 11) is 0. The molecule has 0 bridgehead atoms. The first-order chi connectivity index (χ1) is 11.7. The highest BCUT2D eigenvalue weighted by Gasteiger charge is 2.39. The van der Waals surface area contributed by atoms with E-state index in [9.17, 15) is 4.79 Å². The highest BCUT2D eigenvalue weighted by atomic mass is 16.5. The van der Waals surface area contributed by atoms with Crippen LogP contribution in [0.2, 0.25) is 0 Å². The number of rotatable bonds is 6. The van der Waals surface area contributed by atoms with E-state index in [-0.39, 0.29) is 11.3 Å². The molecule has 3 N–H and O–H groups in total. The second-order valence-corrected chi connectivity index (χ2v) is 7.08. The van der Waals surface area contributed by atoms with Crippen molar-refractivity contribution < 1.29 is 9.53 Å². The van der Waals surface area contributed by atoms with E-state index in [2.05, 4.69) is 34.5 Å². The maximum Gasteiger partial charge on any atom is 0.227 e. The number of carbonyl (C=O) groups is 1. The highest BCUT2D eigenvalue weighted by Crippen LogP contribution is 2.37. The van der Waals surface area contributed by atoms with E-state index < -0.39 is 0 Å². The minimum atomic E-state index is -0.323. The van der Waals surface area contributed by atoms with Crippen LogP contribution in [0.3, 0.4) is 0 Å². The third kappa shape index (κ3) is 4.15. The predicted molar refractivity (Wildman–Crippen MR) is 94.3 cm³/mol. The second kappa shape index (κ2) is 8.10. The standard InChI is InChI=1S/C19H29N3O2/c20-15-19(7-1-2-8-19)18(23)21-13-16-3-5-17(6-4-16)14-22-9-11-24-12-10-22/h3-6H,1-2,7-15,20H2,(H,21,23). The van der Waals surface area contributed by atoms with Crippen LogP contribution >= 0.6 is 0 Å². The van der Waals surface area contributed by atoms with Crippen molar-refractivity contribution in [2.24, 2.45) is 11.1 Å². The molecular formula is C19H29N3O2. The van der Waals surface area contributed by atoms with Crippen molar-refractivity contribution in [3.05, 3.63) is 35.4 Å². The third-order valence-electron chi connectivity index (χ3n) is 5.42. The van der Waals surface area contributed by atoms with E-state index in [1.165, 1.54) is 5.56 Å². The van der Waals surface area contributed by atoms with Gasteiger partial charge in [0, 0.05) is 32.7 Å². The van der Waals surface area contributed by atoms with Crippen molar-refractivity contribution in [3.63, 3.8) is 0 Å². The molecule has 1 heterocycles. The van der Waals surface area contributed by atoms with Gasteiger partial charge in [0.15, 0.2) is 0 Å². The van der Waals surface area contributed by atoms with Gasteiger partial charge >= 0.3 is 0 Å². The molecule has 2 aliphatic rings. The number of nitrogens with two attached hydrogens (primary N) is 1. The molecule has 0 unspecified atom stereocenters. The lowest BCUT2D eigenvalue weighted by atomic mass is 9.85. The molecule has 1 saturated heterocycles. The highest BCUT2D eigenvalue weighted by molar-refractivity contribution is 5.83. The lowest BCUT2D eigenvalue weighted by molar-refractivity contribution is -0.130. The fourth-order valence-corrected chi connectivity index (χ4v) is 3.73. The van der Waals surface area contributed by atoms with Gasteiger partial charge in [-0.15, -0.1) is 0 Å². The Labute approximate surface area is 144 Å². The Kier molecular flexibility index (Phi) is 5.87. The Bertz CT molecular complexity index is 532. The maximum atomic E-state index is 12.5. The number of amides is 1. The van der Waals surface area contributed by atoms with E-state index >= 15 is 0 Å². The number of hydrogen-bond acceptors (Lipinski definition) is 4. The first-order valence-corrected chi connectivity index (χ1v) is 9.08. The molecule has 24 heavy (non-hydrogen) atoms. The number of morpholine rings is 1. The van der Waals surface area contributed by atoms with Crippen molar-refractivity contribution in [2.75, 3.05) is 32.8 Å². The Morgan fingerprint density at radius 3 is 2.38 bits per heavy atom. The smallest absolute Gasteiger partial charge is 0.227 e. The summed E-state index contributed by atoms with van der Waals surface area (Å²) in [6.07, 6.45) is 4.07. The van der Waals surface area contributed by atoms with E-state index in [4.69, 9.17) is 10.5 Å². The third-order valence-corrected chi connectivity index (χ3v) is 5.42. The van der Waals surface area contributed by atoms with Gasteiger partial charge in [0.1, 0.15) is 0 Å². The molecule has 3 rings (SSSR count). The Morgan fingerprint density at radius 1 is 1.12 bits per heavy atom. The molecule has 1 aliphatic carbocycles. The summed E-state index contributed by atoms with van der Waals surface area (Å²) in [4.78, 5) is 14.9. The zero-order valence-electron chi connectivity index (χ0n) is 14.4. The fourth-order valence-electron chi connectivity index (χ4n) is 3.73. The first-order valence-electron chi connectivity index (χ1n) is 9.08. The summed E-state index contributed by atoms with van der Waals surface area (Å²) in [6.45, 7) is 5.65. The number of nitrogens with one attached hydrogen (secondary N) is 1. The summed E-state index contributed by atoms with van der Waals surface area (Å²) in [5, 5.41) is 3.09. The zero-order chi connectivity index (χ0) is 16.8. The SMILES string of the molecule is NCC1(C(=O)NCc2ccc(CN3CCOCC3)cc2)CCCC1. The molecule has 1 saturated carbocycles. The molecule has 0 spiro atoms. The van der Waals surface area contributed by atoms with Crippen molar-refractivity contribution in [2.45, 2.75) is 38.8 Å². The van der Waals surface area contributed by atoms with Crippen LogP contribution in [0.1, 0.15) is 36.8 Å². The van der Waals surface area contributed by atoms with Gasteiger partial charge in [-0.1, -0.05) is 37.1 Å². The molecule has 1 amide bonds. The van der Waals surface area contributed by atoms with Crippen LogP contribution in [0.25, 0.3) is 0 Å². The number of hydrogen-bond donors (Lipinski definition) is 2. The largest absolute Gasteiger partial charge is 0.379 e. The van der Waals surface area contributed by atoms with Crippen LogP contribution in [-0.2, 0) is 22.6 Å². The van der Waals surface area contributed by atoms with Crippen LogP contribution in [0.5, 0.6) is 0 Å². The Morgan fingerprint density at radius 2 is 1.75 bits per heavy atom. The van der Waals surface area contributed by atoms with Crippen LogP contribution in [0, 0.1) is 5.41 Å². The molecule has 0 radical (unpaired) electrons. The monoisotopic (exact) mass is 331 g/mol. The van der Waals surface area contributed by atoms with Crippen LogP contribution in [0.4, 0.5) is 0 Å². The number of nitrogens with zero attached hydrogens (tertiary/aromatic N) is 1. The quantitative estimate of drug-likeness (QED) is 0.832. The Balaban J connectivity index is 1.49. The van der Waals surface area contributed by atoms with Gasteiger partial charge in [0.05, 0.1) is 18.6 Å². The molecular weight excluding hydrogens is 302 g/mol. The van der Waals surface area contributed by atoms with Crippen molar-refractivity contribution in [1.82, 2.24) is 10.2 Å². The van der Waals surface area contributed by atoms with E-state index in [0.29, 0.717) is 13.1 Å². The van der Waals surface area contributed by atoms with Crippen LogP contribution in [0.15, 0.2) is 24.3 Å². The number of carbonyl (C=O) groups excluding carboxylic acids is 1. The molecule has 1 aliphatic heterocycles. The van der Waals surface area contributed by atoms with Gasteiger partial charge in [-0.25, -0.2) is 0 Å². The molecule has 2 fully saturated rings. The van der Waals surface area contributed by atoms with Crippen molar-refractivity contribution in [1.29, 1.82) is 0 Å². The fraction of sp³-hybridized carbons (Fsp3) is 0.632. The second-order valence-electron chi connectivity index (χ2n) is 7.08. The van der Waals surface area contributed by atoms with Crippen LogP contribution < -0.4 is 11.1 Å². The summed E-state index contributed by atoms with van der Waals surface area (Å²) >= 11 is 0. The van der Waals surface area contributed by atoms with Crippen molar-refractivity contribution in [3.8, 4) is 0 Å². The summed E-state index contributed by atoms with van der Waals surface area (Å²) in [5.74, 6) is 0.125. The Hall–Kier alpha value is -1.43. The molecule has 0 aromatic heterocycles. The maximum absolute atomic E-state index is 12.5. The molecule has 0 atom stereocenters. The van der Waals surface area contributed by atoms with Gasteiger partial charge in [-0.05, 0) is 24.0 Å². The minimum absolute atomic E-state index is 0.125. The topological polar surface area (TPSA) is 67.6 Å². The molecule has 132 valence electrons. The predicted octanol–water partition coefficient (Wildman–Crippen LogP) is 1.65. The first kappa shape index (κ1) is 17.4. The molecule has 5 heteroatoms. The minimum Gasteiger partial charge on any atom is -0.379 e. The van der Waals surface area contributed by atoms with Crippen LogP contribution in [-0.4, -0.2) is 43.7 Å². The van der Waals surface area contributed by atoms with Gasteiger partial charge in [0.2, 0.25) is 5.91 Å². The normalized spacial score (nSPS) is 20.9. The number of ether oxygens (including phenoxy) is 1. The van der Waals surface area contributed by atoms with Gasteiger partial charge in [-0.2, -0.15) is 0 Å². The van der Waals surface area contributed by atoms with E-state index in [0.717, 1.165) is 64.1 Å². The average molecular weight is 331 g/mol. The molecule has 5 nitrogen and oxygen atoms in total. The molecule has 1 aromatic rings. The van der Waals surface area contributed by atoms with E-state index in [1.807, 2.05) is 0 Å². The van der Waals surface area contributed by atoms with E-state index in [1.54, 1.807) is 0 Å². The summed E-state index contributed by atoms with van der Waals surface area (Å²) < 4.78 is 5.38. The van der Waals surface area contributed by atoms with Crippen molar-refractivity contribution >= 4 is 5.91 Å². The zero-order valence-corrected chi connectivity index (χ0v) is 14.4. The molecule has 1 aromatic carbocycles. The summed E-state index contributed by atoms with van der Waals surface area (Å²) in [5.41, 5.74) is 7.99. The van der Waals surface area contributed by atoms with Gasteiger partial charge in [0.25, 0.3) is 0 Å². The van der Waals surface area contributed by atoms with Gasteiger partial charge in [-0.3, -0.25) is 9.69 Å². The average Bonchev–Trinajstić information content (AvgIpc) is 3.12. The lowest BCUT2D eigenvalue weighted by Gasteiger charge is -2.26. The lowest BCUT2D eigenvalue weighted by Crippen LogP contribution is -2.43. The number of benzene rings is 1.